The van der Waals surface area contributed by atoms with Gasteiger partial charge in [0.25, 0.3) is 8.32 Å². The van der Waals surface area contributed by atoms with Crippen LogP contribution < -0.4 is 15.7 Å². The Morgan fingerprint density at radius 2 is 1.56 bits per heavy atom. The molecule has 3 nitrogen and oxygen atoms in total. The van der Waals surface area contributed by atoms with E-state index >= 15 is 0 Å². The van der Waals surface area contributed by atoms with E-state index in [1.165, 1.54) is 31.2 Å². The molecule has 2 aromatic carbocycles. The number of aromatic nitrogens is 1. The lowest BCUT2D eigenvalue weighted by Crippen LogP contribution is -2.65. The Bertz CT molecular complexity index is 1220. The molecule has 1 unspecified atom stereocenters. The molecule has 5 rings (SSSR count). The van der Waals surface area contributed by atoms with Gasteiger partial charge in [0, 0.05) is 25.0 Å². The molecule has 0 amide bonds. The van der Waals surface area contributed by atoms with Crippen molar-refractivity contribution >= 4 is 18.7 Å². The van der Waals surface area contributed by atoms with Crippen LogP contribution in [0.1, 0.15) is 85.6 Å². The largest absolute Gasteiger partial charge is 0.424 e. The van der Waals surface area contributed by atoms with Gasteiger partial charge in [0.1, 0.15) is 0 Å². The van der Waals surface area contributed by atoms with Gasteiger partial charge in [-0.2, -0.15) is 0 Å². The van der Waals surface area contributed by atoms with Crippen molar-refractivity contribution in [3.63, 3.8) is 0 Å². The summed E-state index contributed by atoms with van der Waals surface area (Å²) in [6.45, 7) is 15.8. The Balaban J connectivity index is 1.45. The van der Waals surface area contributed by atoms with Crippen molar-refractivity contribution in [1.29, 1.82) is 0 Å². The van der Waals surface area contributed by atoms with Crippen molar-refractivity contribution in [3.05, 3.63) is 90.8 Å². The number of nitrogens with one attached hydrogen (secondary N) is 1. The summed E-state index contributed by atoms with van der Waals surface area (Å²) in [5.41, 5.74) is 1.93. The van der Waals surface area contributed by atoms with E-state index in [0.717, 1.165) is 29.8 Å². The maximum Gasteiger partial charge on any atom is 0.258 e. The predicted molar refractivity (Wildman–Crippen MR) is 175 cm³/mol. The third-order valence-electron chi connectivity index (χ3n) is 11.6. The first-order valence-corrected chi connectivity index (χ1v) is 17.9. The van der Waals surface area contributed by atoms with Crippen LogP contribution in [0.25, 0.3) is 0 Å². The molecule has 0 bridgehead atoms. The fraction of sp³-hybridized carbons (Fsp3) is 0.541. The topological polar surface area (TPSA) is 45.2 Å². The van der Waals surface area contributed by atoms with Crippen molar-refractivity contribution in [1.82, 2.24) is 10.3 Å². The van der Waals surface area contributed by atoms with E-state index in [2.05, 4.69) is 119 Å². The standard InChI is InChI=1S/C37H52N2OSi/c1-28-32(20-23-36(4,5)41(40,30-16-9-7-10-17-30)31-18-11-8-12-19-31)37(6)22-14-21-35(2,3)34(37)25-33(28)39-27-29-15-13-24-38-26-29/h7-13,15-19,24,26,28,32-34,39-40H,14,20-23,25,27H2,1-6H3/t28-,32-,33+,34?,37+/m0/s1. The fourth-order valence-electron chi connectivity index (χ4n) is 9.17. The maximum atomic E-state index is 12.8. The zero-order valence-electron chi connectivity index (χ0n) is 26.2. The highest BCUT2D eigenvalue weighted by Gasteiger charge is 2.57. The van der Waals surface area contributed by atoms with Crippen LogP contribution in [0.5, 0.6) is 0 Å². The second-order valence-electron chi connectivity index (χ2n) is 14.8. The molecule has 0 radical (unpaired) electrons. The highest BCUT2D eigenvalue weighted by molar-refractivity contribution is 6.98. The van der Waals surface area contributed by atoms with Gasteiger partial charge < -0.3 is 10.1 Å². The lowest BCUT2D eigenvalue weighted by atomic mass is 9.45. The minimum absolute atomic E-state index is 0.221. The summed E-state index contributed by atoms with van der Waals surface area (Å²) in [5, 5.41) is 6.02. The predicted octanol–water partition coefficient (Wildman–Crippen LogP) is 7.34. The Labute approximate surface area is 250 Å². The maximum absolute atomic E-state index is 12.8. The molecule has 2 fully saturated rings. The van der Waals surface area contributed by atoms with E-state index < -0.39 is 8.32 Å². The Morgan fingerprint density at radius 1 is 0.927 bits per heavy atom. The van der Waals surface area contributed by atoms with E-state index in [1.54, 1.807) is 0 Å². The minimum atomic E-state index is -3.03. The molecule has 5 atom stereocenters. The molecule has 3 aromatic rings. The number of rotatable bonds is 9. The van der Waals surface area contributed by atoms with Gasteiger partial charge in [-0.3, -0.25) is 4.98 Å². The molecular weight excluding hydrogens is 517 g/mol. The zero-order chi connectivity index (χ0) is 29.3. The molecule has 41 heavy (non-hydrogen) atoms. The molecule has 1 aromatic heterocycles. The monoisotopic (exact) mass is 568 g/mol. The summed E-state index contributed by atoms with van der Waals surface area (Å²) in [6.07, 6.45) is 11.2. The van der Waals surface area contributed by atoms with Crippen molar-refractivity contribution in [2.75, 3.05) is 0 Å². The van der Waals surface area contributed by atoms with Gasteiger partial charge in [-0.1, -0.05) is 115 Å². The SMILES string of the molecule is C[C@@H]1[C@H](NCc2cccnc2)CC2C(C)(C)CCC[C@]2(C)[C@H]1CCC(C)(C)[Si](O)(c1ccccc1)c1ccccc1. The van der Waals surface area contributed by atoms with Crippen LogP contribution in [0.4, 0.5) is 0 Å². The van der Waals surface area contributed by atoms with Crippen LogP contribution in [0, 0.1) is 28.6 Å². The third-order valence-corrected chi connectivity index (χ3v) is 16.2. The van der Waals surface area contributed by atoms with Crippen LogP contribution in [0.3, 0.4) is 0 Å². The molecule has 2 aliphatic rings. The second kappa shape index (κ2) is 11.8. The first kappa shape index (κ1) is 30.2. The summed E-state index contributed by atoms with van der Waals surface area (Å²) in [4.78, 5) is 17.2. The molecular formula is C37H52N2OSi. The minimum Gasteiger partial charge on any atom is -0.424 e. The van der Waals surface area contributed by atoms with Gasteiger partial charge in [0.15, 0.2) is 0 Å². The van der Waals surface area contributed by atoms with Crippen LogP contribution in [-0.2, 0) is 6.54 Å². The summed E-state index contributed by atoms with van der Waals surface area (Å²) < 4.78 is 0. The second-order valence-corrected chi connectivity index (χ2v) is 18.7. The van der Waals surface area contributed by atoms with Crippen LogP contribution >= 0.6 is 0 Å². The normalized spacial score (nSPS) is 28.2. The summed E-state index contributed by atoms with van der Waals surface area (Å²) in [5.74, 6) is 1.87. The van der Waals surface area contributed by atoms with E-state index in [4.69, 9.17) is 0 Å². The van der Waals surface area contributed by atoms with E-state index in [0.29, 0.717) is 34.6 Å². The molecule has 2 saturated carbocycles. The van der Waals surface area contributed by atoms with E-state index in [-0.39, 0.29) is 5.04 Å². The number of fused-ring (bicyclic) bond motifs is 1. The van der Waals surface area contributed by atoms with Crippen LogP contribution in [-0.4, -0.2) is 24.1 Å². The van der Waals surface area contributed by atoms with Crippen LogP contribution in [0.2, 0.25) is 5.04 Å². The lowest BCUT2D eigenvalue weighted by molar-refractivity contribution is -0.109. The highest BCUT2D eigenvalue weighted by Crippen LogP contribution is 2.62. The molecule has 0 spiro atoms. The van der Waals surface area contributed by atoms with Gasteiger partial charge in [-0.15, -0.1) is 0 Å². The Hall–Kier alpha value is -2.27. The quantitative estimate of drug-likeness (QED) is 0.266. The number of hydrogen-bond donors (Lipinski definition) is 2. The average molecular weight is 569 g/mol. The first-order valence-electron chi connectivity index (χ1n) is 15.9. The summed E-state index contributed by atoms with van der Waals surface area (Å²) in [7, 11) is -3.03. The van der Waals surface area contributed by atoms with E-state index in [9.17, 15) is 4.80 Å². The molecule has 2 N–H and O–H groups in total. The van der Waals surface area contributed by atoms with Gasteiger partial charge in [0.05, 0.1) is 0 Å². The van der Waals surface area contributed by atoms with Crippen molar-refractivity contribution < 1.29 is 4.80 Å². The fourth-order valence-corrected chi connectivity index (χ4v) is 12.9. The van der Waals surface area contributed by atoms with Gasteiger partial charge in [-0.25, -0.2) is 0 Å². The Morgan fingerprint density at radius 3 is 2.15 bits per heavy atom. The van der Waals surface area contributed by atoms with E-state index in [1.807, 2.05) is 18.5 Å². The summed E-state index contributed by atoms with van der Waals surface area (Å²) in [6, 6.07) is 25.8. The van der Waals surface area contributed by atoms with Gasteiger partial charge in [0.2, 0.25) is 0 Å². The highest BCUT2D eigenvalue weighted by atomic mass is 28.4. The molecule has 1 heterocycles. The van der Waals surface area contributed by atoms with Gasteiger partial charge in [-0.05, 0) is 87.7 Å². The molecule has 0 aliphatic heterocycles. The van der Waals surface area contributed by atoms with Crippen LogP contribution in [0.15, 0.2) is 85.2 Å². The molecule has 0 saturated heterocycles. The molecule has 4 heteroatoms. The lowest BCUT2D eigenvalue weighted by Gasteiger charge is -2.61. The number of benzene rings is 2. The molecule has 220 valence electrons. The number of hydrogen-bond acceptors (Lipinski definition) is 3. The van der Waals surface area contributed by atoms with Gasteiger partial charge >= 0.3 is 0 Å². The number of nitrogens with zero attached hydrogens (tertiary/aromatic N) is 1. The number of pyridine rings is 1. The zero-order valence-corrected chi connectivity index (χ0v) is 27.2. The van der Waals surface area contributed by atoms with Crippen molar-refractivity contribution in [2.45, 2.75) is 97.7 Å². The first-order chi connectivity index (χ1) is 19.5. The average Bonchev–Trinajstić information content (AvgIpc) is 2.97. The summed E-state index contributed by atoms with van der Waals surface area (Å²) >= 11 is 0. The third kappa shape index (κ3) is 5.72. The van der Waals surface area contributed by atoms with Crippen molar-refractivity contribution in [3.8, 4) is 0 Å². The smallest absolute Gasteiger partial charge is 0.258 e. The Kier molecular flexibility index (Phi) is 8.67. The molecule has 2 aliphatic carbocycles. The van der Waals surface area contributed by atoms with Crippen molar-refractivity contribution in [2.24, 2.45) is 28.6 Å².